The lowest BCUT2D eigenvalue weighted by molar-refractivity contribution is -0.131. The van der Waals surface area contributed by atoms with Gasteiger partial charge in [-0.2, -0.15) is 0 Å². The van der Waals surface area contributed by atoms with Crippen molar-refractivity contribution < 1.29 is 19.4 Å². The number of carbonyl (C=O) groups excluding carboxylic acids is 1. The van der Waals surface area contributed by atoms with Gasteiger partial charge in [0.1, 0.15) is 5.75 Å². The van der Waals surface area contributed by atoms with Crippen LogP contribution in [-0.4, -0.2) is 30.1 Å². The molecule has 1 amide bonds. The van der Waals surface area contributed by atoms with E-state index in [0.717, 1.165) is 6.08 Å². The van der Waals surface area contributed by atoms with Crippen LogP contribution >= 0.6 is 11.6 Å². The molecule has 21 heavy (non-hydrogen) atoms. The first-order valence-corrected chi connectivity index (χ1v) is 6.87. The molecule has 114 valence electrons. The molecule has 0 saturated carbocycles. The van der Waals surface area contributed by atoms with Crippen molar-refractivity contribution in [3.63, 3.8) is 0 Å². The molecule has 5 nitrogen and oxygen atoms in total. The van der Waals surface area contributed by atoms with E-state index in [4.69, 9.17) is 21.4 Å². The van der Waals surface area contributed by atoms with Crippen LogP contribution in [0.2, 0.25) is 5.02 Å². The Kier molecular flexibility index (Phi) is 6.75. The average molecular weight is 312 g/mol. The largest absolute Gasteiger partial charge is 0.483 e. The first-order valence-electron chi connectivity index (χ1n) is 6.49. The zero-order valence-electron chi connectivity index (χ0n) is 11.9. The molecule has 1 aromatic rings. The zero-order valence-corrected chi connectivity index (χ0v) is 12.7. The fourth-order valence-electron chi connectivity index (χ4n) is 1.47. The van der Waals surface area contributed by atoms with Crippen molar-refractivity contribution in [1.82, 2.24) is 5.32 Å². The molecule has 0 aliphatic heterocycles. The smallest absolute Gasteiger partial charge is 0.328 e. The van der Waals surface area contributed by atoms with Gasteiger partial charge in [-0.3, -0.25) is 4.79 Å². The van der Waals surface area contributed by atoms with Crippen LogP contribution in [-0.2, 0) is 9.59 Å². The summed E-state index contributed by atoms with van der Waals surface area (Å²) < 4.78 is 5.40. The summed E-state index contributed by atoms with van der Waals surface area (Å²) in [5.41, 5.74) is 0.429. The number of hydrogen-bond acceptors (Lipinski definition) is 3. The highest BCUT2D eigenvalue weighted by Crippen LogP contribution is 2.27. The van der Waals surface area contributed by atoms with Crippen LogP contribution < -0.4 is 10.1 Å². The predicted molar refractivity (Wildman–Crippen MR) is 81.5 cm³/mol. The SMILES string of the molecule is CC(C)CNC(=O)COc1cccc(Cl)c1/C=C/C(=O)O. The van der Waals surface area contributed by atoms with Gasteiger partial charge in [-0.1, -0.05) is 31.5 Å². The Morgan fingerprint density at radius 3 is 2.76 bits per heavy atom. The quantitative estimate of drug-likeness (QED) is 0.759. The lowest BCUT2D eigenvalue weighted by Crippen LogP contribution is -2.31. The molecule has 6 heteroatoms. The van der Waals surface area contributed by atoms with Crippen molar-refractivity contribution in [2.45, 2.75) is 13.8 Å². The van der Waals surface area contributed by atoms with Crippen LogP contribution in [0.3, 0.4) is 0 Å². The Balaban J connectivity index is 2.72. The van der Waals surface area contributed by atoms with Crippen LogP contribution in [0.15, 0.2) is 24.3 Å². The molecule has 0 atom stereocenters. The summed E-state index contributed by atoms with van der Waals surface area (Å²) in [6, 6.07) is 4.92. The van der Waals surface area contributed by atoms with Crippen LogP contribution in [0.1, 0.15) is 19.4 Å². The number of carboxylic acids is 1. The van der Waals surface area contributed by atoms with Crippen molar-refractivity contribution in [3.05, 3.63) is 34.9 Å². The van der Waals surface area contributed by atoms with E-state index in [-0.39, 0.29) is 12.5 Å². The highest BCUT2D eigenvalue weighted by molar-refractivity contribution is 6.32. The van der Waals surface area contributed by atoms with Gasteiger partial charge < -0.3 is 15.2 Å². The molecule has 0 bridgehead atoms. The molecular formula is C15H18ClNO4. The molecule has 0 spiro atoms. The normalized spacial score (nSPS) is 10.9. The van der Waals surface area contributed by atoms with Crippen LogP contribution in [0.4, 0.5) is 0 Å². The summed E-state index contributed by atoms with van der Waals surface area (Å²) in [7, 11) is 0. The minimum absolute atomic E-state index is 0.152. The first-order chi connectivity index (χ1) is 9.90. The van der Waals surface area contributed by atoms with E-state index in [1.807, 2.05) is 13.8 Å². The van der Waals surface area contributed by atoms with Gasteiger partial charge in [0.2, 0.25) is 0 Å². The molecule has 0 heterocycles. The van der Waals surface area contributed by atoms with Gasteiger partial charge in [0, 0.05) is 18.2 Å². The number of ether oxygens (including phenoxy) is 1. The third-order valence-corrected chi connectivity index (χ3v) is 2.80. The van der Waals surface area contributed by atoms with Gasteiger partial charge in [-0.25, -0.2) is 4.79 Å². The van der Waals surface area contributed by atoms with Gasteiger partial charge in [0.25, 0.3) is 5.91 Å². The molecule has 0 aliphatic rings. The van der Waals surface area contributed by atoms with E-state index in [9.17, 15) is 9.59 Å². The lowest BCUT2D eigenvalue weighted by Gasteiger charge is -2.11. The Hall–Kier alpha value is -2.01. The second kappa shape index (κ2) is 8.32. The molecule has 0 aliphatic carbocycles. The number of nitrogens with one attached hydrogen (secondary N) is 1. The topological polar surface area (TPSA) is 75.6 Å². The number of carbonyl (C=O) groups is 2. The third-order valence-electron chi connectivity index (χ3n) is 2.47. The predicted octanol–water partition coefficient (Wildman–Crippen LogP) is 2.59. The monoisotopic (exact) mass is 311 g/mol. The van der Waals surface area contributed by atoms with Crippen LogP contribution in [0.5, 0.6) is 5.75 Å². The zero-order chi connectivity index (χ0) is 15.8. The van der Waals surface area contributed by atoms with Gasteiger partial charge in [0.15, 0.2) is 6.61 Å². The second-order valence-corrected chi connectivity index (χ2v) is 5.22. The first kappa shape index (κ1) is 17.0. The molecule has 0 unspecified atom stereocenters. The highest BCUT2D eigenvalue weighted by atomic mass is 35.5. The second-order valence-electron chi connectivity index (χ2n) is 4.81. The minimum atomic E-state index is -1.09. The fourth-order valence-corrected chi connectivity index (χ4v) is 1.70. The van der Waals surface area contributed by atoms with Gasteiger partial charge in [-0.15, -0.1) is 0 Å². The van der Waals surface area contributed by atoms with E-state index in [2.05, 4.69) is 5.32 Å². The highest BCUT2D eigenvalue weighted by Gasteiger charge is 2.09. The Bertz CT molecular complexity index is 540. The Labute approximate surface area is 128 Å². The summed E-state index contributed by atoms with van der Waals surface area (Å²) in [5, 5.41) is 11.7. The van der Waals surface area contributed by atoms with Gasteiger partial charge >= 0.3 is 5.97 Å². The van der Waals surface area contributed by atoms with Gasteiger partial charge in [0.05, 0.1) is 5.02 Å². The Morgan fingerprint density at radius 1 is 1.43 bits per heavy atom. The minimum Gasteiger partial charge on any atom is -0.483 e. The van der Waals surface area contributed by atoms with Crippen molar-refractivity contribution in [2.75, 3.05) is 13.2 Å². The molecule has 0 saturated heterocycles. The molecular weight excluding hydrogens is 294 g/mol. The summed E-state index contributed by atoms with van der Waals surface area (Å²) in [4.78, 5) is 22.2. The standard InChI is InChI=1S/C15H18ClNO4/c1-10(2)8-17-14(18)9-21-13-5-3-4-12(16)11(13)6-7-15(19)20/h3-7,10H,8-9H2,1-2H3,(H,17,18)(H,19,20)/b7-6+. The van der Waals surface area contributed by atoms with E-state index < -0.39 is 5.97 Å². The number of aliphatic carboxylic acids is 1. The summed E-state index contributed by atoms with van der Waals surface area (Å²) in [6.07, 6.45) is 2.30. The average Bonchev–Trinajstić information content (AvgIpc) is 2.41. The number of halogens is 1. The van der Waals surface area contributed by atoms with Crippen molar-refractivity contribution in [2.24, 2.45) is 5.92 Å². The summed E-state index contributed by atoms with van der Waals surface area (Å²) in [6.45, 7) is 4.41. The van der Waals surface area contributed by atoms with Crippen LogP contribution in [0, 0.1) is 5.92 Å². The molecule has 0 aromatic heterocycles. The van der Waals surface area contributed by atoms with E-state index in [0.29, 0.717) is 28.8 Å². The summed E-state index contributed by atoms with van der Waals surface area (Å²) >= 11 is 6.01. The summed E-state index contributed by atoms with van der Waals surface area (Å²) in [5.74, 6) is -0.610. The van der Waals surface area contributed by atoms with Gasteiger partial charge in [-0.05, 0) is 24.1 Å². The molecule has 1 rings (SSSR count). The van der Waals surface area contributed by atoms with Crippen molar-refractivity contribution in [1.29, 1.82) is 0 Å². The van der Waals surface area contributed by atoms with E-state index in [1.54, 1.807) is 18.2 Å². The number of benzene rings is 1. The van der Waals surface area contributed by atoms with E-state index in [1.165, 1.54) is 6.08 Å². The van der Waals surface area contributed by atoms with Crippen molar-refractivity contribution in [3.8, 4) is 5.75 Å². The maximum absolute atomic E-state index is 11.6. The van der Waals surface area contributed by atoms with E-state index >= 15 is 0 Å². The van der Waals surface area contributed by atoms with Crippen LogP contribution in [0.25, 0.3) is 6.08 Å². The number of amides is 1. The molecule has 2 N–H and O–H groups in total. The maximum Gasteiger partial charge on any atom is 0.328 e. The van der Waals surface area contributed by atoms with Crippen molar-refractivity contribution >= 4 is 29.6 Å². The molecule has 0 fully saturated rings. The third kappa shape index (κ3) is 6.31. The number of hydrogen-bond donors (Lipinski definition) is 2. The Morgan fingerprint density at radius 2 is 2.14 bits per heavy atom. The lowest BCUT2D eigenvalue weighted by atomic mass is 10.2. The number of rotatable bonds is 7. The molecule has 1 aromatic carbocycles. The fraction of sp³-hybridized carbons (Fsp3) is 0.333. The number of carboxylic acid groups (broad SMARTS) is 1. The maximum atomic E-state index is 11.6. The molecule has 0 radical (unpaired) electrons.